The number of rotatable bonds is 3. The summed E-state index contributed by atoms with van der Waals surface area (Å²) in [5, 5.41) is 0.0277. The lowest BCUT2D eigenvalue weighted by Crippen LogP contribution is -2.16. The number of sulfonamides is 1. The summed E-state index contributed by atoms with van der Waals surface area (Å²) in [4.78, 5) is 3.44. The maximum Gasteiger partial charge on any atom is 0.265 e. The molecule has 112 valence electrons. The molecular formula is C12H10BrClFN3O2S. The van der Waals surface area contributed by atoms with Crippen molar-refractivity contribution in [2.75, 3.05) is 10.5 Å². The lowest BCUT2D eigenvalue weighted by molar-refractivity contribution is 0.573. The number of nitrogens with two attached hydrogens (primary N) is 1. The van der Waals surface area contributed by atoms with Crippen molar-refractivity contribution in [1.29, 1.82) is 0 Å². The molecule has 0 aliphatic heterocycles. The van der Waals surface area contributed by atoms with Gasteiger partial charge in [-0.15, -0.1) is 0 Å². The second-order valence-electron chi connectivity index (χ2n) is 4.18. The number of halogens is 3. The Labute approximate surface area is 134 Å². The zero-order chi connectivity index (χ0) is 15.8. The van der Waals surface area contributed by atoms with Gasteiger partial charge in [0, 0.05) is 5.02 Å². The molecule has 0 amide bonds. The molecule has 2 rings (SSSR count). The minimum Gasteiger partial charge on any atom is -0.396 e. The highest BCUT2D eigenvalue weighted by atomic mass is 79.9. The molecule has 0 fully saturated rings. The van der Waals surface area contributed by atoms with Gasteiger partial charge in [-0.05, 0) is 47.1 Å². The standard InChI is InChI=1S/C12H10BrClFN3O2S/c1-6-9(2-3-11(13)17-6)18-21(19,20)10-5-7(14)4-8(16)12(10)15/h2-5,18H,16H2,1H3. The van der Waals surface area contributed by atoms with Gasteiger partial charge < -0.3 is 5.73 Å². The fraction of sp³-hybridized carbons (Fsp3) is 0.0833. The molecule has 3 N–H and O–H groups in total. The van der Waals surface area contributed by atoms with Crippen molar-refractivity contribution < 1.29 is 12.8 Å². The maximum absolute atomic E-state index is 13.9. The average Bonchev–Trinajstić information content (AvgIpc) is 2.37. The van der Waals surface area contributed by atoms with Crippen LogP contribution in [-0.2, 0) is 10.0 Å². The van der Waals surface area contributed by atoms with Gasteiger partial charge in [0.05, 0.1) is 17.1 Å². The van der Waals surface area contributed by atoms with Crippen molar-refractivity contribution in [3.63, 3.8) is 0 Å². The van der Waals surface area contributed by atoms with Gasteiger partial charge in [0.1, 0.15) is 9.50 Å². The first kappa shape index (κ1) is 16.0. The molecule has 0 bridgehead atoms. The van der Waals surface area contributed by atoms with E-state index in [0.717, 1.165) is 12.1 Å². The van der Waals surface area contributed by atoms with Gasteiger partial charge in [0.2, 0.25) is 0 Å². The maximum atomic E-state index is 13.9. The normalized spacial score (nSPS) is 11.4. The second kappa shape index (κ2) is 5.78. The third-order valence-electron chi connectivity index (χ3n) is 2.62. The highest BCUT2D eigenvalue weighted by Crippen LogP contribution is 2.27. The van der Waals surface area contributed by atoms with E-state index in [9.17, 15) is 12.8 Å². The summed E-state index contributed by atoms with van der Waals surface area (Å²) >= 11 is 8.89. The molecule has 0 aliphatic carbocycles. The van der Waals surface area contributed by atoms with Crippen LogP contribution in [0.4, 0.5) is 15.8 Å². The average molecular weight is 395 g/mol. The van der Waals surface area contributed by atoms with Gasteiger partial charge in [-0.1, -0.05) is 11.6 Å². The molecule has 0 atom stereocenters. The van der Waals surface area contributed by atoms with Gasteiger partial charge in [-0.25, -0.2) is 17.8 Å². The predicted molar refractivity (Wildman–Crippen MR) is 83.3 cm³/mol. The number of aryl methyl sites for hydroxylation is 1. The van der Waals surface area contributed by atoms with E-state index < -0.39 is 20.7 Å². The summed E-state index contributed by atoms with van der Waals surface area (Å²) in [7, 11) is -4.17. The summed E-state index contributed by atoms with van der Waals surface area (Å²) < 4.78 is 41.3. The number of anilines is 2. The number of nitrogen functional groups attached to an aromatic ring is 1. The first-order valence-corrected chi connectivity index (χ1v) is 8.26. The Kier molecular flexibility index (Phi) is 4.40. The zero-order valence-electron chi connectivity index (χ0n) is 10.7. The minimum absolute atomic E-state index is 0.0277. The molecule has 0 saturated heterocycles. The third-order valence-corrected chi connectivity index (χ3v) is 4.64. The number of nitrogens with one attached hydrogen (secondary N) is 1. The number of hydrogen-bond donors (Lipinski definition) is 2. The van der Waals surface area contributed by atoms with Crippen molar-refractivity contribution in [1.82, 2.24) is 4.98 Å². The summed E-state index contributed by atoms with van der Waals surface area (Å²) in [6, 6.07) is 5.21. The summed E-state index contributed by atoms with van der Waals surface area (Å²) in [5.41, 5.74) is 5.72. The highest BCUT2D eigenvalue weighted by Gasteiger charge is 2.22. The lowest BCUT2D eigenvalue weighted by Gasteiger charge is -2.12. The van der Waals surface area contributed by atoms with Crippen molar-refractivity contribution in [3.8, 4) is 0 Å². The molecule has 5 nitrogen and oxygen atoms in total. The van der Waals surface area contributed by atoms with Crippen molar-refractivity contribution in [3.05, 3.63) is 45.4 Å². The van der Waals surface area contributed by atoms with Crippen LogP contribution in [0.3, 0.4) is 0 Å². The molecule has 21 heavy (non-hydrogen) atoms. The fourth-order valence-corrected chi connectivity index (χ4v) is 3.56. The number of benzene rings is 1. The smallest absolute Gasteiger partial charge is 0.265 e. The Morgan fingerprint density at radius 1 is 1.38 bits per heavy atom. The highest BCUT2D eigenvalue weighted by molar-refractivity contribution is 9.10. The molecule has 9 heteroatoms. The molecule has 1 aromatic carbocycles. The monoisotopic (exact) mass is 393 g/mol. The summed E-state index contributed by atoms with van der Waals surface area (Å²) in [5.74, 6) is -1.05. The molecule has 0 spiro atoms. The SMILES string of the molecule is Cc1nc(Br)ccc1NS(=O)(=O)c1cc(Cl)cc(N)c1F. The van der Waals surface area contributed by atoms with E-state index in [1.165, 1.54) is 6.07 Å². The minimum atomic E-state index is -4.17. The van der Waals surface area contributed by atoms with Crippen LogP contribution < -0.4 is 10.5 Å². The number of hydrogen-bond acceptors (Lipinski definition) is 4. The Balaban J connectivity index is 2.48. The van der Waals surface area contributed by atoms with E-state index >= 15 is 0 Å². The van der Waals surface area contributed by atoms with E-state index in [-0.39, 0.29) is 16.4 Å². The van der Waals surface area contributed by atoms with Crippen LogP contribution in [0.5, 0.6) is 0 Å². The molecular weight excluding hydrogens is 385 g/mol. The first-order chi connectivity index (χ1) is 9.70. The Morgan fingerprint density at radius 2 is 2.05 bits per heavy atom. The van der Waals surface area contributed by atoms with Crippen LogP contribution in [-0.4, -0.2) is 13.4 Å². The molecule has 0 unspecified atom stereocenters. The first-order valence-electron chi connectivity index (χ1n) is 5.61. The Morgan fingerprint density at radius 3 is 2.67 bits per heavy atom. The van der Waals surface area contributed by atoms with Crippen LogP contribution in [0, 0.1) is 12.7 Å². The number of aromatic nitrogens is 1. The quantitative estimate of drug-likeness (QED) is 0.618. The van der Waals surface area contributed by atoms with E-state index in [1.807, 2.05) is 0 Å². The second-order valence-corrected chi connectivity index (χ2v) is 7.08. The molecule has 0 radical (unpaired) electrons. The van der Waals surface area contributed by atoms with Gasteiger partial charge in [-0.3, -0.25) is 4.72 Å². The van der Waals surface area contributed by atoms with Crippen LogP contribution in [0.25, 0.3) is 0 Å². The summed E-state index contributed by atoms with van der Waals surface area (Å²) in [6.07, 6.45) is 0. The third kappa shape index (κ3) is 3.45. The largest absolute Gasteiger partial charge is 0.396 e. The zero-order valence-corrected chi connectivity index (χ0v) is 13.9. The van der Waals surface area contributed by atoms with Gasteiger partial charge in [-0.2, -0.15) is 0 Å². The molecule has 0 aliphatic rings. The van der Waals surface area contributed by atoms with Crippen LogP contribution in [0.1, 0.15) is 5.69 Å². The van der Waals surface area contributed by atoms with Crippen LogP contribution >= 0.6 is 27.5 Å². The van der Waals surface area contributed by atoms with E-state index in [2.05, 4.69) is 25.6 Å². The topological polar surface area (TPSA) is 85.1 Å². The molecule has 1 aromatic heterocycles. The van der Waals surface area contributed by atoms with E-state index in [0.29, 0.717) is 10.3 Å². The van der Waals surface area contributed by atoms with Gasteiger partial charge >= 0.3 is 0 Å². The number of pyridine rings is 1. The van der Waals surface area contributed by atoms with Crippen LogP contribution in [0.2, 0.25) is 5.02 Å². The van der Waals surface area contributed by atoms with Crippen molar-refractivity contribution in [2.24, 2.45) is 0 Å². The fourth-order valence-electron chi connectivity index (χ4n) is 1.62. The summed E-state index contributed by atoms with van der Waals surface area (Å²) in [6.45, 7) is 1.62. The lowest BCUT2D eigenvalue weighted by atomic mass is 10.3. The van der Waals surface area contributed by atoms with Gasteiger partial charge in [0.25, 0.3) is 10.0 Å². The molecule has 0 saturated carbocycles. The van der Waals surface area contributed by atoms with Crippen molar-refractivity contribution >= 4 is 48.9 Å². The number of nitrogens with zero attached hydrogens (tertiary/aromatic N) is 1. The van der Waals surface area contributed by atoms with Crippen LogP contribution in [0.15, 0.2) is 33.8 Å². The molecule has 2 aromatic rings. The Hall–Kier alpha value is -1.38. The van der Waals surface area contributed by atoms with E-state index in [4.69, 9.17) is 17.3 Å². The Bertz CT molecular complexity index is 814. The molecule has 1 heterocycles. The van der Waals surface area contributed by atoms with E-state index in [1.54, 1.807) is 13.0 Å². The predicted octanol–water partition coefficient (Wildman–Crippen LogP) is 3.33. The van der Waals surface area contributed by atoms with Crippen molar-refractivity contribution in [2.45, 2.75) is 11.8 Å². The van der Waals surface area contributed by atoms with Gasteiger partial charge in [0.15, 0.2) is 5.82 Å².